The third kappa shape index (κ3) is 5.93. The molecular weight excluding hydrogens is 215 g/mol. The maximum atomic E-state index is 10.8. The van der Waals surface area contributed by atoms with Gasteiger partial charge in [0, 0.05) is 0 Å². The van der Waals surface area contributed by atoms with Gasteiger partial charge in [0.15, 0.2) is 0 Å². The average Bonchev–Trinajstić information content (AvgIpc) is 1.95. The number of nitrogens with one attached hydrogen (secondary N) is 1. The molecule has 0 saturated heterocycles. The van der Waals surface area contributed by atoms with Crippen LogP contribution in [0.25, 0.3) is 0 Å². The number of thioether (sulfide) groups is 1. The number of urea groups is 1. The van der Waals surface area contributed by atoms with E-state index < -0.39 is 19.4 Å². The number of hydrogen-bond donors (Lipinski definition) is 4. The van der Waals surface area contributed by atoms with Gasteiger partial charge in [-0.15, -0.1) is 0 Å². The molecule has 0 aliphatic carbocycles. The standard InChI is InChI=1S/C5H13N2O4PS/c1-13-3-2-4(7-5(6)8)12(9,10)11/h4H,2-3H2,1H3,(H3,6,7,8)(H2,9,10,11). The number of carbonyl (C=O) groups excluding carboxylic acids is 1. The summed E-state index contributed by atoms with van der Waals surface area (Å²) in [4.78, 5) is 27.9. The van der Waals surface area contributed by atoms with E-state index in [1.807, 2.05) is 5.32 Å². The summed E-state index contributed by atoms with van der Waals surface area (Å²) in [6.07, 6.45) is 2.01. The van der Waals surface area contributed by atoms with E-state index in [-0.39, 0.29) is 6.42 Å². The fourth-order valence-corrected chi connectivity index (χ4v) is 2.13. The smallest absolute Gasteiger partial charge is 0.347 e. The Balaban J connectivity index is 4.20. The maximum absolute atomic E-state index is 10.8. The van der Waals surface area contributed by atoms with Gasteiger partial charge < -0.3 is 20.8 Å². The molecule has 0 rings (SSSR count). The van der Waals surface area contributed by atoms with Gasteiger partial charge in [-0.05, 0) is 18.4 Å². The van der Waals surface area contributed by atoms with Crippen LogP contribution in [0.15, 0.2) is 0 Å². The molecule has 0 fully saturated rings. The minimum atomic E-state index is -4.28. The Hall–Kier alpha value is -0.230. The molecule has 2 amide bonds. The molecule has 0 aromatic heterocycles. The van der Waals surface area contributed by atoms with E-state index >= 15 is 0 Å². The fraction of sp³-hybridized carbons (Fsp3) is 0.800. The molecule has 6 nitrogen and oxygen atoms in total. The molecule has 0 aliphatic rings. The van der Waals surface area contributed by atoms with E-state index in [1.54, 1.807) is 6.26 Å². The van der Waals surface area contributed by atoms with Crippen molar-refractivity contribution in [3.63, 3.8) is 0 Å². The lowest BCUT2D eigenvalue weighted by Crippen LogP contribution is -2.38. The van der Waals surface area contributed by atoms with Crippen LogP contribution in [0.5, 0.6) is 0 Å². The van der Waals surface area contributed by atoms with Crippen LogP contribution in [0.1, 0.15) is 6.42 Å². The predicted molar refractivity (Wildman–Crippen MR) is 51.6 cm³/mol. The quantitative estimate of drug-likeness (QED) is 0.491. The SMILES string of the molecule is CSCCC(NC(N)=O)P(=O)(O)O. The van der Waals surface area contributed by atoms with Crippen molar-refractivity contribution in [1.82, 2.24) is 5.32 Å². The highest BCUT2D eigenvalue weighted by molar-refractivity contribution is 7.98. The molecule has 0 aromatic carbocycles. The van der Waals surface area contributed by atoms with Crippen LogP contribution in [-0.4, -0.2) is 33.6 Å². The summed E-state index contributed by atoms with van der Waals surface area (Å²) in [5, 5.41) is 2.02. The number of nitrogens with two attached hydrogens (primary N) is 1. The normalized spacial score (nSPS) is 13.8. The Bertz CT molecular complexity index is 219. The Labute approximate surface area is 80.4 Å². The molecule has 0 aromatic rings. The maximum Gasteiger partial charge on any atom is 0.347 e. The van der Waals surface area contributed by atoms with Crippen molar-refractivity contribution in [3.05, 3.63) is 0 Å². The van der Waals surface area contributed by atoms with Crippen LogP contribution in [0.3, 0.4) is 0 Å². The van der Waals surface area contributed by atoms with E-state index in [9.17, 15) is 9.36 Å². The van der Waals surface area contributed by atoms with Crippen LogP contribution >= 0.6 is 19.4 Å². The molecule has 78 valence electrons. The van der Waals surface area contributed by atoms with Gasteiger partial charge in [-0.1, -0.05) is 0 Å². The zero-order valence-corrected chi connectivity index (χ0v) is 8.85. The molecule has 0 aliphatic heterocycles. The van der Waals surface area contributed by atoms with Crippen molar-refractivity contribution in [2.24, 2.45) is 5.73 Å². The molecule has 0 heterocycles. The molecule has 0 radical (unpaired) electrons. The second-order valence-corrected chi connectivity index (χ2v) is 5.18. The van der Waals surface area contributed by atoms with Crippen molar-refractivity contribution < 1.29 is 19.1 Å². The highest BCUT2D eigenvalue weighted by Crippen LogP contribution is 2.41. The van der Waals surface area contributed by atoms with E-state index in [0.29, 0.717) is 5.75 Å². The summed E-state index contributed by atoms with van der Waals surface area (Å²) in [6.45, 7) is 0. The number of carbonyl (C=O) groups is 1. The molecule has 0 spiro atoms. The molecule has 13 heavy (non-hydrogen) atoms. The highest BCUT2D eigenvalue weighted by Gasteiger charge is 2.28. The number of primary amides is 1. The number of hydrogen-bond acceptors (Lipinski definition) is 3. The van der Waals surface area contributed by atoms with E-state index in [1.165, 1.54) is 11.8 Å². The van der Waals surface area contributed by atoms with Gasteiger partial charge in [0.1, 0.15) is 5.78 Å². The first kappa shape index (κ1) is 12.8. The van der Waals surface area contributed by atoms with Gasteiger partial charge in [0.25, 0.3) is 0 Å². The Kier molecular flexibility index (Phi) is 5.39. The lowest BCUT2D eigenvalue weighted by molar-refractivity contribution is 0.245. The summed E-state index contributed by atoms with van der Waals surface area (Å²) < 4.78 is 10.8. The largest absolute Gasteiger partial charge is 0.352 e. The topological polar surface area (TPSA) is 113 Å². The van der Waals surface area contributed by atoms with Gasteiger partial charge in [0.2, 0.25) is 0 Å². The van der Waals surface area contributed by atoms with Crippen molar-refractivity contribution in [2.75, 3.05) is 12.0 Å². The van der Waals surface area contributed by atoms with Gasteiger partial charge in [0.05, 0.1) is 0 Å². The number of amides is 2. The minimum absolute atomic E-state index is 0.203. The summed E-state index contributed by atoms with van der Waals surface area (Å²) >= 11 is 1.44. The van der Waals surface area contributed by atoms with Gasteiger partial charge >= 0.3 is 13.6 Å². The van der Waals surface area contributed by atoms with Gasteiger partial charge in [-0.25, -0.2) is 4.79 Å². The van der Waals surface area contributed by atoms with Crippen LogP contribution < -0.4 is 11.1 Å². The first-order valence-corrected chi connectivity index (χ1v) is 6.55. The minimum Gasteiger partial charge on any atom is -0.352 e. The molecule has 1 unspecified atom stereocenters. The third-order valence-corrected chi connectivity index (χ3v) is 3.15. The molecule has 1 atom stereocenters. The highest BCUT2D eigenvalue weighted by atomic mass is 32.2. The summed E-state index contributed by atoms with van der Waals surface area (Å²) in [7, 11) is -4.28. The molecule has 0 saturated carbocycles. The lowest BCUT2D eigenvalue weighted by atomic mass is 10.5. The lowest BCUT2D eigenvalue weighted by Gasteiger charge is -2.17. The van der Waals surface area contributed by atoms with Gasteiger partial charge in [-0.2, -0.15) is 11.8 Å². The summed E-state index contributed by atoms with van der Waals surface area (Å²) in [5.41, 5.74) is 4.76. The average molecular weight is 228 g/mol. The van der Waals surface area contributed by atoms with Crippen LogP contribution in [0, 0.1) is 0 Å². The van der Waals surface area contributed by atoms with E-state index in [0.717, 1.165) is 0 Å². The van der Waals surface area contributed by atoms with Crippen molar-refractivity contribution >= 4 is 25.4 Å². The molecular formula is C5H13N2O4PS. The van der Waals surface area contributed by atoms with Crippen molar-refractivity contribution in [1.29, 1.82) is 0 Å². The van der Waals surface area contributed by atoms with Crippen LogP contribution in [-0.2, 0) is 4.57 Å². The zero-order valence-electron chi connectivity index (χ0n) is 7.14. The second kappa shape index (κ2) is 5.49. The summed E-state index contributed by atoms with van der Waals surface area (Å²) in [5.74, 6) is -0.617. The summed E-state index contributed by atoms with van der Waals surface area (Å²) in [6, 6.07) is -0.922. The Morgan fingerprint density at radius 2 is 2.23 bits per heavy atom. The number of rotatable bonds is 5. The monoisotopic (exact) mass is 228 g/mol. The molecule has 0 bridgehead atoms. The van der Waals surface area contributed by atoms with Crippen LogP contribution in [0.2, 0.25) is 0 Å². The van der Waals surface area contributed by atoms with E-state index in [2.05, 4.69) is 0 Å². The Morgan fingerprint density at radius 3 is 2.54 bits per heavy atom. The zero-order chi connectivity index (χ0) is 10.5. The second-order valence-electron chi connectivity index (χ2n) is 2.39. The first-order chi connectivity index (χ1) is 5.88. The van der Waals surface area contributed by atoms with Crippen LogP contribution in [0.4, 0.5) is 4.79 Å². The molecule has 5 N–H and O–H groups in total. The predicted octanol–water partition coefficient (Wildman–Crippen LogP) is -0.0884. The first-order valence-electron chi connectivity index (χ1n) is 3.48. The van der Waals surface area contributed by atoms with E-state index in [4.69, 9.17) is 15.5 Å². The third-order valence-electron chi connectivity index (χ3n) is 1.31. The molecule has 8 heteroatoms. The van der Waals surface area contributed by atoms with Crippen molar-refractivity contribution in [3.8, 4) is 0 Å². The fourth-order valence-electron chi connectivity index (χ4n) is 0.718. The Morgan fingerprint density at radius 1 is 1.69 bits per heavy atom. The van der Waals surface area contributed by atoms with Crippen molar-refractivity contribution in [2.45, 2.75) is 12.2 Å². The van der Waals surface area contributed by atoms with Gasteiger partial charge in [-0.3, -0.25) is 4.57 Å².